The molecule has 0 radical (unpaired) electrons. The van der Waals surface area contributed by atoms with Crippen LogP contribution in [0.25, 0.3) is 16.8 Å². The van der Waals surface area contributed by atoms with Gasteiger partial charge in [0.1, 0.15) is 0 Å². The Morgan fingerprint density at radius 3 is 2.53 bits per heavy atom. The van der Waals surface area contributed by atoms with Crippen LogP contribution in [-0.2, 0) is 0 Å². The fraction of sp³-hybridized carbons (Fsp3) is 0.143. The Hall–Kier alpha value is -1.21. The van der Waals surface area contributed by atoms with Crippen LogP contribution < -0.4 is 0 Å². The van der Waals surface area contributed by atoms with Crippen molar-refractivity contribution in [3.05, 3.63) is 47.5 Å². The molecule has 0 aromatic heterocycles. The quantitative estimate of drug-likeness (QED) is 0.661. The topological polar surface area (TPSA) is 0 Å². The molecule has 1 heteroatoms. The third-order valence-electron chi connectivity index (χ3n) is 2.38. The second-order valence-corrected chi connectivity index (χ2v) is 4.42. The van der Waals surface area contributed by atoms with E-state index in [1.54, 1.807) is 0 Å². The third kappa shape index (κ3) is 2.07. The van der Waals surface area contributed by atoms with E-state index in [-0.39, 0.29) is 0 Å². The molecule has 0 saturated heterocycles. The van der Waals surface area contributed by atoms with Gasteiger partial charge in [-0.05, 0) is 36.2 Å². The summed E-state index contributed by atoms with van der Waals surface area (Å²) in [4.78, 5) is 1.04. The predicted molar refractivity (Wildman–Crippen MR) is 70.5 cm³/mol. The van der Waals surface area contributed by atoms with Gasteiger partial charge >= 0.3 is 0 Å². The molecule has 0 saturated carbocycles. The summed E-state index contributed by atoms with van der Waals surface area (Å²) < 4.78 is 0. The standard InChI is InChI=1S/C14H14S/c1-10(2)9-13-12-6-4-3-5-11(12)7-8-14(13)15/h3-9,15H,1-2H3. The van der Waals surface area contributed by atoms with Gasteiger partial charge in [-0.3, -0.25) is 0 Å². The van der Waals surface area contributed by atoms with Crippen LogP contribution in [0.2, 0.25) is 0 Å². The molecule has 0 heterocycles. The molecule has 0 atom stereocenters. The lowest BCUT2D eigenvalue weighted by atomic mass is 10.0. The lowest BCUT2D eigenvalue weighted by molar-refractivity contribution is 1.40. The van der Waals surface area contributed by atoms with Crippen molar-refractivity contribution in [3.8, 4) is 0 Å². The number of rotatable bonds is 1. The summed E-state index contributed by atoms with van der Waals surface area (Å²) in [6.45, 7) is 4.21. The van der Waals surface area contributed by atoms with Gasteiger partial charge in [-0.25, -0.2) is 0 Å². The molecule has 0 aliphatic heterocycles. The van der Waals surface area contributed by atoms with Crippen molar-refractivity contribution in [1.82, 2.24) is 0 Å². The van der Waals surface area contributed by atoms with Crippen molar-refractivity contribution in [2.45, 2.75) is 18.7 Å². The Bertz CT molecular complexity index is 520. The molecule has 76 valence electrons. The maximum Gasteiger partial charge on any atom is 0.0119 e. The van der Waals surface area contributed by atoms with Gasteiger partial charge in [0.2, 0.25) is 0 Å². The van der Waals surface area contributed by atoms with Gasteiger partial charge in [-0.1, -0.05) is 42.0 Å². The summed E-state index contributed by atoms with van der Waals surface area (Å²) >= 11 is 4.50. The van der Waals surface area contributed by atoms with E-state index in [9.17, 15) is 0 Å². The average molecular weight is 214 g/mol. The highest BCUT2D eigenvalue weighted by Gasteiger charge is 2.01. The molecular weight excluding hydrogens is 200 g/mol. The zero-order valence-electron chi connectivity index (χ0n) is 8.99. The molecule has 15 heavy (non-hydrogen) atoms. The van der Waals surface area contributed by atoms with Crippen molar-refractivity contribution in [2.24, 2.45) is 0 Å². The van der Waals surface area contributed by atoms with Crippen LogP contribution in [-0.4, -0.2) is 0 Å². The van der Waals surface area contributed by atoms with Gasteiger partial charge in [0.05, 0.1) is 0 Å². The van der Waals surface area contributed by atoms with Crippen LogP contribution in [0.3, 0.4) is 0 Å². The molecule has 0 amide bonds. The number of allylic oxidation sites excluding steroid dienone is 1. The molecule has 0 spiro atoms. The summed E-state index contributed by atoms with van der Waals surface area (Å²) in [5.74, 6) is 0. The Balaban J connectivity index is 2.80. The lowest BCUT2D eigenvalue weighted by Crippen LogP contribution is -1.81. The van der Waals surface area contributed by atoms with Crippen LogP contribution in [0, 0.1) is 0 Å². The number of fused-ring (bicyclic) bond motifs is 1. The first kappa shape index (κ1) is 10.3. The molecule has 2 rings (SSSR count). The van der Waals surface area contributed by atoms with Crippen molar-refractivity contribution in [2.75, 3.05) is 0 Å². The Kier molecular flexibility index (Phi) is 2.83. The summed E-state index contributed by atoms with van der Waals surface area (Å²) in [6, 6.07) is 12.6. The van der Waals surface area contributed by atoms with Crippen LogP contribution in [0.5, 0.6) is 0 Å². The maximum absolute atomic E-state index is 4.50. The van der Waals surface area contributed by atoms with Crippen LogP contribution >= 0.6 is 12.6 Å². The first-order valence-corrected chi connectivity index (χ1v) is 5.49. The minimum atomic E-state index is 1.04. The molecule has 0 nitrogen and oxygen atoms in total. The fourth-order valence-corrected chi connectivity index (χ4v) is 1.98. The second-order valence-electron chi connectivity index (χ2n) is 3.94. The number of thiol groups is 1. The molecule has 0 fully saturated rings. The first-order chi connectivity index (χ1) is 7.18. The monoisotopic (exact) mass is 214 g/mol. The SMILES string of the molecule is CC(C)=Cc1c(S)ccc2ccccc12. The zero-order valence-corrected chi connectivity index (χ0v) is 9.88. The molecule has 0 aliphatic rings. The minimum Gasteiger partial charge on any atom is -0.143 e. The van der Waals surface area contributed by atoms with Gasteiger partial charge in [-0.15, -0.1) is 12.6 Å². The van der Waals surface area contributed by atoms with E-state index in [1.165, 1.54) is 21.9 Å². The van der Waals surface area contributed by atoms with E-state index >= 15 is 0 Å². The van der Waals surface area contributed by atoms with E-state index in [0.717, 1.165) is 4.90 Å². The summed E-state index contributed by atoms with van der Waals surface area (Å²) in [7, 11) is 0. The molecule has 0 aliphatic carbocycles. The van der Waals surface area contributed by atoms with E-state index in [1.807, 2.05) is 0 Å². The van der Waals surface area contributed by atoms with Crippen LogP contribution in [0.4, 0.5) is 0 Å². The van der Waals surface area contributed by atoms with Gasteiger partial charge in [0, 0.05) is 4.90 Å². The summed E-state index contributed by atoms with van der Waals surface area (Å²) in [6.07, 6.45) is 2.19. The Morgan fingerprint density at radius 2 is 1.80 bits per heavy atom. The van der Waals surface area contributed by atoms with E-state index in [0.29, 0.717) is 0 Å². The normalized spacial score (nSPS) is 10.3. The average Bonchev–Trinajstić information content (AvgIpc) is 2.22. The van der Waals surface area contributed by atoms with Gasteiger partial charge in [0.15, 0.2) is 0 Å². The summed E-state index contributed by atoms with van der Waals surface area (Å²) in [5.41, 5.74) is 2.51. The molecule has 0 N–H and O–H groups in total. The van der Waals surface area contributed by atoms with Crippen molar-refractivity contribution >= 4 is 29.5 Å². The molecule has 2 aromatic carbocycles. The van der Waals surface area contributed by atoms with Crippen LogP contribution in [0.1, 0.15) is 19.4 Å². The molecular formula is C14H14S. The summed E-state index contributed by atoms with van der Waals surface area (Å²) in [5, 5.41) is 2.54. The van der Waals surface area contributed by atoms with Gasteiger partial charge < -0.3 is 0 Å². The lowest BCUT2D eigenvalue weighted by Gasteiger charge is -2.06. The van der Waals surface area contributed by atoms with E-state index in [2.05, 4.69) is 69.0 Å². The minimum absolute atomic E-state index is 1.04. The molecule has 0 bridgehead atoms. The highest BCUT2D eigenvalue weighted by molar-refractivity contribution is 7.80. The fourth-order valence-electron chi connectivity index (χ4n) is 1.72. The van der Waals surface area contributed by atoms with Crippen LogP contribution in [0.15, 0.2) is 46.9 Å². The van der Waals surface area contributed by atoms with E-state index in [4.69, 9.17) is 0 Å². The second kappa shape index (κ2) is 4.11. The van der Waals surface area contributed by atoms with Crippen molar-refractivity contribution < 1.29 is 0 Å². The molecule has 2 aromatic rings. The third-order valence-corrected chi connectivity index (χ3v) is 2.77. The Labute approximate surface area is 96.0 Å². The van der Waals surface area contributed by atoms with Crippen molar-refractivity contribution in [1.29, 1.82) is 0 Å². The number of benzene rings is 2. The van der Waals surface area contributed by atoms with Gasteiger partial charge in [-0.2, -0.15) is 0 Å². The Morgan fingerprint density at radius 1 is 1.07 bits per heavy atom. The maximum atomic E-state index is 4.50. The predicted octanol–water partition coefficient (Wildman–Crippen LogP) is 4.55. The highest BCUT2D eigenvalue weighted by atomic mass is 32.1. The van der Waals surface area contributed by atoms with Gasteiger partial charge in [0.25, 0.3) is 0 Å². The first-order valence-electron chi connectivity index (χ1n) is 5.04. The van der Waals surface area contributed by atoms with Crippen molar-refractivity contribution in [3.63, 3.8) is 0 Å². The molecule has 0 unspecified atom stereocenters. The number of hydrogen-bond acceptors (Lipinski definition) is 1. The highest BCUT2D eigenvalue weighted by Crippen LogP contribution is 2.26. The largest absolute Gasteiger partial charge is 0.143 e. The zero-order chi connectivity index (χ0) is 10.8. The van der Waals surface area contributed by atoms with E-state index < -0.39 is 0 Å². The smallest absolute Gasteiger partial charge is 0.0119 e. The number of hydrogen-bond donors (Lipinski definition) is 1.